The Kier molecular flexibility index (Phi) is 6.00. The van der Waals surface area contributed by atoms with Crippen LogP contribution in [0.4, 0.5) is 20.3 Å². The number of nitrogens with zero attached hydrogens (tertiary/aromatic N) is 2. The Morgan fingerprint density at radius 3 is 2.57 bits per heavy atom. The summed E-state index contributed by atoms with van der Waals surface area (Å²) < 4.78 is 28.6. The van der Waals surface area contributed by atoms with Crippen molar-refractivity contribution < 1.29 is 8.78 Å². The number of fused-ring (bicyclic) bond motifs is 1. The number of anilines is 2. The molecule has 3 N–H and O–H groups in total. The lowest BCUT2D eigenvalue weighted by Crippen LogP contribution is -2.30. The van der Waals surface area contributed by atoms with Gasteiger partial charge in [0.05, 0.1) is 12.2 Å². The lowest BCUT2D eigenvalue weighted by Gasteiger charge is -2.27. The number of benzene rings is 2. The van der Waals surface area contributed by atoms with Gasteiger partial charge in [-0.25, -0.2) is 13.5 Å². The van der Waals surface area contributed by atoms with E-state index in [-0.39, 0.29) is 6.04 Å². The molecule has 2 aromatic carbocycles. The predicted octanol–water partition coefficient (Wildman–Crippen LogP) is 4.07. The second kappa shape index (κ2) is 8.84. The molecular formula is C22H24F2N5P. The minimum Gasteiger partial charge on any atom is -0.383 e. The number of hydrogen-bond acceptors (Lipinski definition) is 4. The molecule has 0 fully saturated rings. The van der Waals surface area contributed by atoms with E-state index in [0.29, 0.717) is 27.4 Å². The molecule has 1 aliphatic heterocycles. The zero-order valence-corrected chi connectivity index (χ0v) is 17.8. The monoisotopic (exact) mass is 427 g/mol. The van der Waals surface area contributed by atoms with E-state index in [4.69, 9.17) is 0 Å². The third-order valence-corrected chi connectivity index (χ3v) is 5.93. The number of aryl methyl sites for hydroxylation is 1. The zero-order valence-electron chi connectivity index (χ0n) is 16.8. The number of rotatable bonds is 7. The van der Waals surface area contributed by atoms with Gasteiger partial charge in [-0.1, -0.05) is 32.8 Å². The summed E-state index contributed by atoms with van der Waals surface area (Å²) in [5.74, 6) is 0.686. The Morgan fingerprint density at radius 2 is 1.83 bits per heavy atom. The smallest absolute Gasteiger partial charge is 0.139 e. The highest BCUT2D eigenvalue weighted by atomic mass is 31.1. The first-order chi connectivity index (χ1) is 14.5. The molecule has 0 spiro atoms. The van der Waals surface area contributed by atoms with E-state index in [0.717, 1.165) is 17.7 Å². The first-order valence-corrected chi connectivity index (χ1v) is 11.3. The number of aromatic nitrogens is 2. The van der Waals surface area contributed by atoms with Crippen LogP contribution in [-0.4, -0.2) is 29.5 Å². The van der Waals surface area contributed by atoms with Gasteiger partial charge in [0, 0.05) is 30.1 Å². The van der Waals surface area contributed by atoms with Crippen LogP contribution in [0.3, 0.4) is 0 Å². The second-order valence-electron chi connectivity index (χ2n) is 7.11. The van der Waals surface area contributed by atoms with E-state index >= 15 is 0 Å². The Hall–Kier alpha value is -2.92. The summed E-state index contributed by atoms with van der Waals surface area (Å²) in [4.78, 5) is 0. The van der Waals surface area contributed by atoms with Crippen LogP contribution in [0.1, 0.15) is 17.2 Å². The maximum absolute atomic E-state index is 13.3. The van der Waals surface area contributed by atoms with E-state index < -0.39 is 11.6 Å². The van der Waals surface area contributed by atoms with E-state index in [2.05, 4.69) is 52.8 Å². The van der Waals surface area contributed by atoms with Gasteiger partial charge in [0.1, 0.15) is 23.3 Å². The number of halogens is 2. The van der Waals surface area contributed by atoms with Crippen molar-refractivity contribution in [1.29, 1.82) is 0 Å². The molecule has 0 bridgehead atoms. The van der Waals surface area contributed by atoms with Gasteiger partial charge in [0.2, 0.25) is 0 Å². The van der Waals surface area contributed by atoms with Gasteiger partial charge in [-0.3, -0.25) is 0 Å². The summed E-state index contributed by atoms with van der Waals surface area (Å²) in [6.07, 6.45) is 4.01. The van der Waals surface area contributed by atoms with Crippen LogP contribution in [0.25, 0.3) is 5.82 Å². The highest BCUT2D eigenvalue weighted by Crippen LogP contribution is 2.31. The summed E-state index contributed by atoms with van der Waals surface area (Å²) >= 11 is 0. The molecule has 0 radical (unpaired) electrons. The van der Waals surface area contributed by atoms with Gasteiger partial charge >= 0.3 is 0 Å². The van der Waals surface area contributed by atoms with E-state index in [9.17, 15) is 8.78 Å². The molecule has 3 aromatic rings. The highest BCUT2D eigenvalue weighted by molar-refractivity contribution is 7.46. The van der Waals surface area contributed by atoms with Crippen molar-refractivity contribution in [2.75, 3.05) is 30.4 Å². The van der Waals surface area contributed by atoms with Crippen molar-refractivity contribution in [3.05, 3.63) is 77.5 Å². The first-order valence-electron chi connectivity index (χ1n) is 9.79. The van der Waals surface area contributed by atoms with Crippen LogP contribution in [-0.2, 0) is 0 Å². The standard InChI is InChI=1S/C22H24F2N5P/c1-14-5-3-4-6-18(14)19-12-21(29-22(28-19)20(30-2)13-27-29)26-8-7-25-17-10-15(23)9-16(24)11-17/h3-6,9-13,19,25-26,28,30H,7-8H2,1-2H3. The molecule has 2 heterocycles. The summed E-state index contributed by atoms with van der Waals surface area (Å²) in [5.41, 5.74) is 2.84. The molecule has 1 aliphatic rings. The van der Waals surface area contributed by atoms with Crippen molar-refractivity contribution in [2.45, 2.75) is 13.0 Å². The van der Waals surface area contributed by atoms with E-state index in [1.54, 1.807) is 0 Å². The van der Waals surface area contributed by atoms with Crippen LogP contribution >= 0.6 is 8.58 Å². The maximum Gasteiger partial charge on any atom is 0.139 e. The van der Waals surface area contributed by atoms with E-state index in [1.165, 1.54) is 28.6 Å². The lowest BCUT2D eigenvalue weighted by atomic mass is 10.00. The number of hydrogen-bond donors (Lipinski definition) is 3. The van der Waals surface area contributed by atoms with Gasteiger partial charge in [-0.2, -0.15) is 5.10 Å². The minimum atomic E-state index is -0.596. The Morgan fingerprint density at radius 1 is 1.10 bits per heavy atom. The van der Waals surface area contributed by atoms with Crippen LogP contribution in [0, 0.1) is 18.6 Å². The molecule has 0 saturated heterocycles. The molecule has 0 amide bonds. The summed E-state index contributed by atoms with van der Waals surface area (Å²) in [6, 6.07) is 11.8. The largest absolute Gasteiger partial charge is 0.383 e. The fourth-order valence-electron chi connectivity index (χ4n) is 3.56. The summed E-state index contributed by atoms with van der Waals surface area (Å²) in [6.45, 7) is 5.30. The Labute approximate surface area is 176 Å². The van der Waals surface area contributed by atoms with Gasteiger partial charge in [-0.05, 0) is 42.9 Å². The Balaban J connectivity index is 1.50. The third kappa shape index (κ3) is 4.31. The van der Waals surface area contributed by atoms with Gasteiger partial charge in [0.25, 0.3) is 0 Å². The average molecular weight is 427 g/mol. The van der Waals surface area contributed by atoms with Crippen LogP contribution in [0.2, 0.25) is 0 Å². The maximum atomic E-state index is 13.3. The van der Waals surface area contributed by atoms with E-state index in [1.807, 2.05) is 23.0 Å². The quantitative estimate of drug-likeness (QED) is 0.393. The van der Waals surface area contributed by atoms with Crippen molar-refractivity contribution in [3.8, 4) is 0 Å². The lowest BCUT2D eigenvalue weighted by molar-refractivity contribution is 0.584. The fourth-order valence-corrected chi connectivity index (χ4v) is 4.16. The topological polar surface area (TPSA) is 53.9 Å². The minimum absolute atomic E-state index is 0.0262. The average Bonchev–Trinajstić information content (AvgIpc) is 3.14. The van der Waals surface area contributed by atoms with Gasteiger partial charge < -0.3 is 16.0 Å². The van der Waals surface area contributed by atoms with Gasteiger partial charge in [0.15, 0.2) is 0 Å². The molecule has 8 heteroatoms. The van der Waals surface area contributed by atoms with Crippen molar-refractivity contribution >= 4 is 31.2 Å². The first kappa shape index (κ1) is 20.4. The van der Waals surface area contributed by atoms with Crippen molar-refractivity contribution in [3.63, 3.8) is 0 Å². The van der Waals surface area contributed by atoms with Crippen LogP contribution in [0.15, 0.2) is 54.7 Å². The highest BCUT2D eigenvalue weighted by Gasteiger charge is 2.23. The van der Waals surface area contributed by atoms with Crippen LogP contribution in [0.5, 0.6) is 0 Å². The zero-order chi connectivity index (χ0) is 21.1. The molecule has 2 atom stereocenters. The molecule has 0 aliphatic carbocycles. The normalized spacial score (nSPS) is 15.6. The van der Waals surface area contributed by atoms with Crippen LogP contribution < -0.4 is 21.3 Å². The molecule has 2 unspecified atom stereocenters. The Bertz CT molecular complexity index is 1060. The summed E-state index contributed by atoms with van der Waals surface area (Å²) in [5, 5.41) is 15.8. The molecular weight excluding hydrogens is 403 g/mol. The molecule has 1 aromatic heterocycles. The van der Waals surface area contributed by atoms with Crippen molar-refractivity contribution in [1.82, 2.24) is 15.1 Å². The molecule has 30 heavy (non-hydrogen) atoms. The molecule has 156 valence electrons. The fraction of sp³-hybridized carbons (Fsp3) is 0.227. The summed E-state index contributed by atoms with van der Waals surface area (Å²) in [7, 11) is 0.624. The molecule has 5 nitrogen and oxygen atoms in total. The second-order valence-corrected chi connectivity index (χ2v) is 8.15. The molecule has 0 saturated carbocycles. The van der Waals surface area contributed by atoms with Gasteiger partial charge in [-0.15, -0.1) is 0 Å². The third-order valence-electron chi connectivity index (χ3n) is 5.03. The number of nitrogens with one attached hydrogen (secondary N) is 3. The molecule has 4 rings (SSSR count). The predicted molar refractivity (Wildman–Crippen MR) is 121 cm³/mol. The van der Waals surface area contributed by atoms with Crippen molar-refractivity contribution in [2.24, 2.45) is 0 Å². The SMILES string of the molecule is CPc1cnn2c1NC(c1ccccc1C)C=C2NCCNc1cc(F)cc(F)c1.